The first-order valence-electron chi connectivity index (χ1n) is 5.98. The van der Waals surface area contributed by atoms with Crippen LogP contribution in [-0.4, -0.2) is 22.3 Å². The van der Waals surface area contributed by atoms with Gasteiger partial charge in [-0.1, -0.05) is 0 Å². The van der Waals surface area contributed by atoms with E-state index in [9.17, 15) is 4.39 Å². The maximum Gasteiger partial charge on any atom is 0.125 e. The molecule has 0 spiro atoms. The first kappa shape index (κ1) is 13.3. The van der Waals surface area contributed by atoms with Gasteiger partial charge in [-0.3, -0.25) is 0 Å². The Morgan fingerprint density at radius 3 is 2.94 bits per heavy atom. The topological polar surface area (TPSA) is 27.1 Å². The number of aromatic nitrogens is 2. The number of benzene rings is 1. The summed E-state index contributed by atoms with van der Waals surface area (Å²) in [7, 11) is 0. The fourth-order valence-electron chi connectivity index (χ4n) is 2.05. The summed E-state index contributed by atoms with van der Waals surface area (Å²) in [6.45, 7) is 5.20. The van der Waals surface area contributed by atoms with E-state index in [1.807, 2.05) is 18.4 Å². The highest BCUT2D eigenvalue weighted by Gasteiger charge is 2.13. The normalized spacial score (nSPS) is 13.1. The highest BCUT2D eigenvalue weighted by Crippen LogP contribution is 2.19. The van der Waals surface area contributed by atoms with Crippen LogP contribution in [0.5, 0.6) is 0 Å². The van der Waals surface area contributed by atoms with E-state index in [1.54, 1.807) is 6.07 Å². The van der Waals surface area contributed by atoms with Gasteiger partial charge in [-0.2, -0.15) is 0 Å². The maximum atomic E-state index is 13.3. The molecule has 1 aromatic heterocycles. The minimum Gasteiger partial charge on any atom is -0.377 e. The summed E-state index contributed by atoms with van der Waals surface area (Å²) in [5.74, 6) is 0.771. The van der Waals surface area contributed by atoms with Crippen LogP contribution in [0.2, 0.25) is 0 Å². The van der Waals surface area contributed by atoms with E-state index in [0.29, 0.717) is 19.0 Å². The fourth-order valence-corrected chi connectivity index (χ4v) is 2.25. The highest BCUT2D eigenvalue weighted by atomic mass is 35.5. The van der Waals surface area contributed by atoms with Crippen molar-refractivity contribution in [3.63, 3.8) is 0 Å². The second kappa shape index (κ2) is 5.67. The maximum absolute atomic E-state index is 13.3. The molecule has 2 aromatic rings. The third kappa shape index (κ3) is 2.65. The highest BCUT2D eigenvalue weighted by molar-refractivity contribution is 6.16. The van der Waals surface area contributed by atoms with Crippen molar-refractivity contribution in [3.8, 4) is 0 Å². The van der Waals surface area contributed by atoms with Crippen molar-refractivity contribution in [1.29, 1.82) is 0 Å². The molecule has 0 aliphatic heterocycles. The number of rotatable bonds is 5. The average molecular weight is 271 g/mol. The van der Waals surface area contributed by atoms with Gasteiger partial charge in [-0.05, 0) is 32.0 Å². The lowest BCUT2D eigenvalue weighted by Gasteiger charge is -2.14. The summed E-state index contributed by atoms with van der Waals surface area (Å²) < 4.78 is 20.7. The molecule has 0 N–H and O–H groups in total. The van der Waals surface area contributed by atoms with Crippen LogP contribution in [0.3, 0.4) is 0 Å². The number of hydrogen-bond donors (Lipinski definition) is 0. The molecule has 1 atom stereocenters. The zero-order chi connectivity index (χ0) is 13.1. The van der Waals surface area contributed by atoms with Crippen molar-refractivity contribution in [2.45, 2.75) is 32.4 Å². The third-order valence-electron chi connectivity index (χ3n) is 2.80. The molecule has 1 aromatic carbocycles. The standard InChI is InChI=1S/C13H16ClFN2O/c1-3-18-9(2)8-17-12-6-10(15)4-5-11(12)16-13(17)7-14/h4-6,9H,3,7-8H2,1-2H3. The molecule has 0 saturated heterocycles. The van der Waals surface area contributed by atoms with E-state index in [4.69, 9.17) is 16.3 Å². The van der Waals surface area contributed by atoms with Gasteiger partial charge in [-0.15, -0.1) is 11.6 Å². The zero-order valence-corrected chi connectivity index (χ0v) is 11.2. The van der Waals surface area contributed by atoms with E-state index in [2.05, 4.69) is 4.98 Å². The molecule has 0 bridgehead atoms. The molecule has 0 saturated carbocycles. The molecular formula is C13H16ClFN2O. The Hall–Kier alpha value is -1.13. The Kier molecular flexibility index (Phi) is 4.19. The van der Waals surface area contributed by atoms with Crippen molar-refractivity contribution in [2.24, 2.45) is 0 Å². The van der Waals surface area contributed by atoms with Crippen molar-refractivity contribution >= 4 is 22.6 Å². The summed E-state index contributed by atoms with van der Waals surface area (Å²) in [5.41, 5.74) is 1.52. The number of imidazole rings is 1. The fraction of sp³-hybridized carbons (Fsp3) is 0.462. The van der Waals surface area contributed by atoms with Crippen LogP contribution in [0.4, 0.5) is 4.39 Å². The van der Waals surface area contributed by atoms with E-state index in [0.717, 1.165) is 16.9 Å². The Balaban J connectivity index is 2.42. The minimum atomic E-state index is -0.270. The number of alkyl halides is 1. The number of ether oxygens (including phenoxy) is 1. The zero-order valence-electron chi connectivity index (χ0n) is 10.5. The van der Waals surface area contributed by atoms with Gasteiger partial charge < -0.3 is 9.30 Å². The third-order valence-corrected chi connectivity index (χ3v) is 3.04. The molecule has 0 fully saturated rings. The van der Waals surface area contributed by atoms with Crippen LogP contribution in [-0.2, 0) is 17.2 Å². The molecule has 3 nitrogen and oxygen atoms in total. The van der Waals surface area contributed by atoms with Gasteiger partial charge >= 0.3 is 0 Å². The molecule has 5 heteroatoms. The summed E-state index contributed by atoms with van der Waals surface area (Å²) >= 11 is 5.89. The van der Waals surface area contributed by atoms with Crippen molar-refractivity contribution in [2.75, 3.05) is 6.61 Å². The molecule has 2 rings (SSSR count). The lowest BCUT2D eigenvalue weighted by atomic mass is 10.3. The molecule has 1 unspecified atom stereocenters. The van der Waals surface area contributed by atoms with Gasteiger partial charge in [0.2, 0.25) is 0 Å². The van der Waals surface area contributed by atoms with Crippen LogP contribution in [0, 0.1) is 5.82 Å². The summed E-state index contributed by atoms with van der Waals surface area (Å²) in [6.07, 6.45) is 0.0395. The van der Waals surface area contributed by atoms with E-state index < -0.39 is 0 Å². The summed E-state index contributed by atoms with van der Waals surface area (Å²) in [5, 5.41) is 0. The smallest absolute Gasteiger partial charge is 0.125 e. The van der Waals surface area contributed by atoms with Gasteiger partial charge in [0.1, 0.15) is 11.6 Å². The quantitative estimate of drug-likeness (QED) is 0.779. The Morgan fingerprint density at radius 2 is 2.28 bits per heavy atom. The Morgan fingerprint density at radius 1 is 1.50 bits per heavy atom. The first-order chi connectivity index (χ1) is 8.65. The lowest BCUT2D eigenvalue weighted by Crippen LogP contribution is -2.17. The minimum absolute atomic E-state index is 0.0395. The van der Waals surface area contributed by atoms with E-state index in [1.165, 1.54) is 12.1 Å². The van der Waals surface area contributed by atoms with Crippen LogP contribution in [0.1, 0.15) is 19.7 Å². The summed E-state index contributed by atoms with van der Waals surface area (Å²) in [6, 6.07) is 4.56. The van der Waals surface area contributed by atoms with Gasteiger partial charge in [-0.25, -0.2) is 9.37 Å². The number of halogens is 2. The molecular weight excluding hydrogens is 255 g/mol. The summed E-state index contributed by atoms with van der Waals surface area (Å²) in [4.78, 5) is 4.39. The van der Waals surface area contributed by atoms with Crippen LogP contribution in [0.15, 0.2) is 18.2 Å². The van der Waals surface area contributed by atoms with E-state index >= 15 is 0 Å². The predicted molar refractivity (Wildman–Crippen MR) is 70.3 cm³/mol. The van der Waals surface area contributed by atoms with Gasteiger partial charge in [0.15, 0.2) is 0 Å². The molecule has 18 heavy (non-hydrogen) atoms. The average Bonchev–Trinajstić information content (AvgIpc) is 2.67. The van der Waals surface area contributed by atoms with Crippen LogP contribution >= 0.6 is 11.6 Å². The van der Waals surface area contributed by atoms with Crippen molar-refractivity contribution in [3.05, 3.63) is 29.8 Å². The second-order valence-electron chi connectivity index (χ2n) is 4.17. The number of hydrogen-bond acceptors (Lipinski definition) is 2. The molecule has 0 aliphatic rings. The van der Waals surface area contributed by atoms with Gasteiger partial charge in [0.25, 0.3) is 0 Å². The molecule has 1 heterocycles. The number of fused-ring (bicyclic) bond motifs is 1. The number of nitrogens with zero attached hydrogens (tertiary/aromatic N) is 2. The van der Waals surface area contributed by atoms with E-state index in [-0.39, 0.29) is 11.9 Å². The predicted octanol–water partition coefficient (Wildman–Crippen LogP) is 3.34. The van der Waals surface area contributed by atoms with Crippen LogP contribution < -0.4 is 0 Å². The monoisotopic (exact) mass is 270 g/mol. The molecule has 0 amide bonds. The Bertz CT molecular complexity index is 541. The Labute approximate surface area is 111 Å². The lowest BCUT2D eigenvalue weighted by molar-refractivity contribution is 0.0643. The SMILES string of the molecule is CCOC(C)Cn1c(CCl)nc2ccc(F)cc21. The van der Waals surface area contributed by atoms with Crippen LogP contribution in [0.25, 0.3) is 11.0 Å². The van der Waals surface area contributed by atoms with Gasteiger partial charge in [0.05, 0.1) is 29.6 Å². The first-order valence-corrected chi connectivity index (χ1v) is 6.51. The second-order valence-corrected chi connectivity index (χ2v) is 4.44. The molecule has 0 radical (unpaired) electrons. The van der Waals surface area contributed by atoms with Crippen molar-refractivity contribution < 1.29 is 9.13 Å². The van der Waals surface area contributed by atoms with Gasteiger partial charge in [0, 0.05) is 6.61 Å². The van der Waals surface area contributed by atoms with Crippen molar-refractivity contribution in [1.82, 2.24) is 9.55 Å². The molecule has 0 aliphatic carbocycles. The molecule has 98 valence electrons. The largest absolute Gasteiger partial charge is 0.377 e.